The smallest absolute Gasteiger partial charge is 0.337 e. The molecule has 128 valence electrons. The zero-order chi connectivity index (χ0) is 17.6. The summed E-state index contributed by atoms with van der Waals surface area (Å²) in [4.78, 5) is 23.0. The van der Waals surface area contributed by atoms with Crippen LogP contribution >= 0.6 is 0 Å². The first-order chi connectivity index (χ1) is 10.7. The van der Waals surface area contributed by atoms with Crippen LogP contribution in [0.15, 0.2) is 29.2 Å². The maximum atomic E-state index is 12.4. The second-order valence-electron chi connectivity index (χ2n) is 5.34. The average Bonchev–Trinajstić information content (AvgIpc) is 2.52. The highest BCUT2D eigenvalue weighted by molar-refractivity contribution is 7.89. The SMILES string of the molecule is COC(=O)c1ccc(S(=O)(=O)NC(CC(C)C)C(=O)OC)cc1. The van der Waals surface area contributed by atoms with Crippen LogP contribution in [-0.4, -0.2) is 40.6 Å². The van der Waals surface area contributed by atoms with Gasteiger partial charge in [-0.05, 0) is 36.6 Å². The summed E-state index contributed by atoms with van der Waals surface area (Å²) in [5.41, 5.74) is 0.234. The molecular formula is C15H21NO6S. The van der Waals surface area contributed by atoms with E-state index in [1.807, 2.05) is 13.8 Å². The lowest BCUT2D eigenvalue weighted by atomic mass is 10.1. The molecule has 0 saturated heterocycles. The molecule has 0 aliphatic carbocycles. The Kier molecular flexibility index (Phi) is 6.71. The molecular weight excluding hydrogens is 322 g/mol. The first-order valence-electron chi connectivity index (χ1n) is 6.99. The molecule has 1 aromatic carbocycles. The second-order valence-corrected chi connectivity index (χ2v) is 7.06. The van der Waals surface area contributed by atoms with E-state index in [1.54, 1.807) is 0 Å². The fourth-order valence-corrected chi connectivity index (χ4v) is 3.15. The predicted molar refractivity (Wildman–Crippen MR) is 83.4 cm³/mol. The molecule has 1 aromatic rings. The molecule has 1 N–H and O–H groups in total. The zero-order valence-electron chi connectivity index (χ0n) is 13.5. The molecule has 0 amide bonds. The van der Waals surface area contributed by atoms with Crippen LogP contribution in [0.3, 0.4) is 0 Å². The highest BCUT2D eigenvalue weighted by atomic mass is 32.2. The van der Waals surface area contributed by atoms with E-state index in [0.717, 1.165) is 0 Å². The van der Waals surface area contributed by atoms with Gasteiger partial charge in [-0.3, -0.25) is 4.79 Å². The molecule has 7 nitrogen and oxygen atoms in total. The standard InChI is InChI=1S/C15H21NO6S/c1-10(2)9-13(15(18)22-4)16-23(19,20)12-7-5-11(6-8-12)14(17)21-3/h5-8,10,13,16H,9H2,1-4H3. The van der Waals surface area contributed by atoms with E-state index in [-0.39, 0.29) is 16.4 Å². The fourth-order valence-electron chi connectivity index (χ4n) is 1.95. The molecule has 0 spiro atoms. The topological polar surface area (TPSA) is 98.8 Å². The van der Waals surface area contributed by atoms with Gasteiger partial charge < -0.3 is 9.47 Å². The van der Waals surface area contributed by atoms with E-state index in [9.17, 15) is 18.0 Å². The lowest BCUT2D eigenvalue weighted by molar-refractivity contribution is -0.143. The first kappa shape index (κ1) is 19.1. The third-order valence-electron chi connectivity index (χ3n) is 3.08. The number of benzene rings is 1. The largest absolute Gasteiger partial charge is 0.468 e. The molecule has 0 radical (unpaired) electrons. The highest BCUT2D eigenvalue weighted by Gasteiger charge is 2.27. The summed E-state index contributed by atoms with van der Waals surface area (Å²) in [6, 6.07) is 4.27. The fraction of sp³-hybridized carbons (Fsp3) is 0.467. The Morgan fingerprint density at radius 2 is 1.65 bits per heavy atom. The maximum absolute atomic E-state index is 12.4. The van der Waals surface area contributed by atoms with Crippen LogP contribution in [-0.2, 0) is 24.3 Å². The van der Waals surface area contributed by atoms with Crippen molar-refractivity contribution < 1.29 is 27.5 Å². The van der Waals surface area contributed by atoms with Gasteiger partial charge in [0, 0.05) is 0 Å². The minimum atomic E-state index is -3.91. The van der Waals surface area contributed by atoms with E-state index in [4.69, 9.17) is 0 Å². The Labute approximate surface area is 136 Å². The molecule has 0 saturated carbocycles. The molecule has 1 unspecified atom stereocenters. The Morgan fingerprint density at radius 3 is 2.09 bits per heavy atom. The molecule has 1 rings (SSSR count). The summed E-state index contributed by atoms with van der Waals surface area (Å²) in [5.74, 6) is -1.11. The summed E-state index contributed by atoms with van der Waals surface area (Å²) >= 11 is 0. The summed E-state index contributed by atoms with van der Waals surface area (Å²) in [6.45, 7) is 3.74. The van der Waals surface area contributed by atoms with E-state index < -0.39 is 28.0 Å². The number of carbonyl (C=O) groups is 2. The Morgan fingerprint density at radius 1 is 1.09 bits per heavy atom. The summed E-state index contributed by atoms with van der Waals surface area (Å²) in [5, 5.41) is 0. The Hall–Kier alpha value is -1.93. The summed E-state index contributed by atoms with van der Waals surface area (Å²) in [7, 11) is -1.47. The number of hydrogen-bond acceptors (Lipinski definition) is 6. The third-order valence-corrected chi connectivity index (χ3v) is 4.56. The van der Waals surface area contributed by atoms with Gasteiger partial charge in [-0.2, -0.15) is 4.72 Å². The van der Waals surface area contributed by atoms with Crippen molar-refractivity contribution in [2.45, 2.75) is 31.2 Å². The van der Waals surface area contributed by atoms with Gasteiger partial charge in [-0.1, -0.05) is 13.8 Å². The van der Waals surface area contributed by atoms with Gasteiger partial charge in [0.2, 0.25) is 10.0 Å². The van der Waals surface area contributed by atoms with Crippen LogP contribution in [0.25, 0.3) is 0 Å². The van der Waals surface area contributed by atoms with Crippen LogP contribution in [0, 0.1) is 5.92 Å². The lowest BCUT2D eigenvalue weighted by Gasteiger charge is -2.18. The number of rotatable bonds is 7. The molecule has 0 aliphatic rings. The normalized spacial score (nSPS) is 12.7. The van der Waals surface area contributed by atoms with Crippen LogP contribution < -0.4 is 4.72 Å². The van der Waals surface area contributed by atoms with Crippen molar-refractivity contribution in [3.05, 3.63) is 29.8 Å². The van der Waals surface area contributed by atoms with Crippen molar-refractivity contribution >= 4 is 22.0 Å². The van der Waals surface area contributed by atoms with E-state index >= 15 is 0 Å². The number of carbonyl (C=O) groups excluding carboxylic acids is 2. The quantitative estimate of drug-likeness (QED) is 0.750. The van der Waals surface area contributed by atoms with Crippen molar-refractivity contribution in [2.24, 2.45) is 5.92 Å². The zero-order valence-corrected chi connectivity index (χ0v) is 14.3. The number of hydrogen-bond donors (Lipinski definition) is 1. The van der Waals surface area contributed by atoms with Crippen LogP contribution in [0.5, 0.6) is 0 Å². The van der Waals surface area contributed by atoms with Crippen LogP contribution in [0.1, 0.15) is 30.6 Å². The number of methoxy groups -OCH3 is 2. The predicted octanol–water partition coefficient (Wildman–Crippen LogP) is 1.34. The van der Waals surface area contributed by atoms with E-state index in [1.165, 1.54) is 38.5 Å². The number of ether oxygens (including phenoxy) is 2. The number of esters is 2. The molecule has 0 bridgehead atoms. The van der Waals surface area contributed by atoms with Gasteiger partial charge in [0.15, 0.2) is 0 Å². The summed E-state index contributed by atoms with van der Waals surface area (Å²) < 4.78 is 36.2. The van der Waals surface area contributed by atoms with E-state index in [2.05, 4.69) is 14.2 Å². The number of sulfonamides is 1. The molecule has 0 heterocycles. The van der Waals surface area contributed by atoms with Gasteiger partial charge >= 0.3 is 11.9 Å². The van der Waals surface area contributed by atoms with Crippen molar-refractivity contribution in [1.82, 2.24) is 4.72 Å². The van der Waals surface area contributed by atoms with Crippen LogP contribution in [0.4, 0.5) is 0 Å². The Bertz CT molecular complexity index is 651. The van der Waals surface area contributed by atoms with Crippen molar-refractivity contribution in [1.29, 1.82) is 0 Å². The van der Waals surface area contributed by atoms with Gasteiger partial charge in [0.1, 0.15) is 6.04 Å². The monoisotopic (exact) mass is 343 g/mol. The van der Waals surface area contributed by atoms with Gasteiger partial charge in [0.05, 0.1) is 24.7 Å². The average molecular weight is 343 g/mol. The second kappa shape index (κ2) is 8.07. The number of nitrogens with one attached hydrogen (secondary N) is 1. The third kappa shape index (κ3) is 5.33. The van der Waals surface area contributed by atoms with E-state index in [0.29, 0.717) is 6.42 Å². The molecule has 0 fully saturated rings. The van der Waals surface area contributed by atoms with Gasteiger partial charge in [-0.25, -0.2) is 13.2 Å². The molecule has 0 aromatic heterocycles. The van der Waals surface area contributed by atoms with Crippen molar-refractivity contribution in [2.75, 3.05) is 14.2 Å². The first-order valence-corrected chi connectivity index (χ1v) is 8.48. The van der Waals surface area contributed by atoms with Gasteiger partial charge in [-0.15, -0.1) is 0 Å². The minimum Gasteiger partial charge on any atom is -0.468 e. The Balaban J connectivity index is 3.00. The molecule has 1 atom stereocenters. The highest BCUT2D eigenvalue weighted by Crippen LogP contribution is 2.14. The molecule has 8 heteroatoms. The maximum Gasteiger partial charge on any atom is 0.337 e. The van der Waals surface area contributed by atoms with Crippen molar-refractivity contribution in [3.63, 3.8) is 0 Å². The molecule has 0 aliphatic heterocycles. The van der Waals surface area contributed by atoms with Crippen LogP contribution in [0.2, 0.25) is 0 Å². The lowest BCUT2D eigenvalue weighted by Crippen LogP contribution is -2.42. The van der Waals surface area contributed by atoms with Gasteiger partial charge in [0.25, 0.3) is 0 Å². The minimum absolute atomic E-state index is 0.0530. The summed E-state index contributed by atoms with van der Waals surface area (Å²) in [6.07, 6.45) is 0.312. The molecule has 23 heavy (non-hydrogen) atoms. The van der Waals surface area contributed by atoms with Crippen molar-refractivity contribution in [3.8, 4) is 0 Å².